The Morgan fingerprint density at radius 1 is 1.45 bits per heavy atom. The lowest BCUT2D eigenvalue weighted by atomic mass is 10.2. The topological polar surface area (TPSA) is 26.0 Å². The number of benzene rings is 1. The van der Waals surface area contributed by atoms with E-state index in [4.69, 9.17) is 17.3 Å². The minimum atomic E-state index is -0.404. The van der Waals surface area contributed by atoms with Gasteiger partial charge in [0.15, 0.2) is 0 Å². The first kappa shape index (κ1) is 10.7. The van der Waals surface area contributed by atoms with Crippen LogP contribution in [0.25, 0.3) is 0 Å². The normalized spacial score (nSPS) is 9.00. The van der Waals surface area contributed by atoms with Crippen LogP contribution in [0.4, 0.5) is 4.39 Å². The second-order valence-corrected chi connectivity index (χ2v) is 2.36. The highest BCUT2D eigenvalue weighted by Crippen LogP contribution is 2.15. The lowest BCUT2D eigenvalue weighted by Crippen LogP contribution is -1.95. The number of rotatable bonds is 1. The van der Waals surface area contributed by atoms with E-state index in [9.17, 15) is 4.39 Å². The monoisotopic (exact) mass is 195 g/mol. The van der Waals surface area contributed by atoms with Crippen LogP contribution in [0.1, 0.15) is 5.56 Å². The van der Waals surface area contributed by atoms with Crippen molar-refractivity contribution in [1.82, 2.24) is 0 Å². The molecule has 11 heavy (non-hydrogen) atoms. The molecule has 2 N–H and O–H groups in total. The lowest BCUT2D eigenvalue weighted by Gasteiger charge is -1.96. The van der Waals surface area contributed by atoms with Crippen LogP contribution < -0.4 is 5.73 Å². The van der Waals surface area contributed by atoms with Crippen LogP contribution in [0.2, 0.25) is 5.02 Å². The number of hydrogen-bond acceptors (Lipinski definition) is 1. The van der Waals surface area contributed by atoms with E-state index in [1.54, 1.807) is 6.07 Å². The van der Waals surface area contributed by atoms with E-state index in [-0.39, 0.29) is 17.4 Å². The summed E-state index contributed by atoms with van der Waals surface area (Å²) in [7, 11) is 0. The maximum Gasteiger partial charge on any atom is 0.141 e. The minimum Gasteiger partial charge on any atom is -0.326 e. The van der Waals surface area contributed by atoms with Crippen molar-refractivity contribution in [2.75, 3.05) is 0 Å². The first-order valence-corrected chi connectivity index (χ1v) is 3.26. The van der Waals surface area contributed by atoms with Crippen molar-refractivity contribution in [2.45, 2.75) is 6.54 Å². The zero-order chi connectivity index (χ0) is 7.56. The van der Waals surface area contributed by atoms with Crippen LogP contribution in [0, 0.1) is 5.82 Å². The summed E-state index contributed by atoms with van der Waals surface area (Å²) in [6.07, 6.45) is 0. The van der Waals surface area contributed by atoms with Gasteiger partial charge >= 0.3 is 0 Å². The average Bonchev–Trinajstić information content (AvgIpc) is 1.95. The quantitative estimate of drug-likeness (QED) is 0.732. The molecule has 1 nitrogen and oxygen atoms in total. The smallest absolute Gasteiger partial charge is 0.141 e. The molecule has 0 radical (unpaired) electrons. The van der Waals surface area contributed by atoms with Crippen molar-refractivity contribution < 1.29 is 4.39 Å². The summed E-state index contributed by atoms with van der Waals surface area (Å²) in [5.41, 5.74) is 6.13. The third kappa shape index (κ3) is 2.66. The molecule has 0 aliphatic heterocycles. The molecule has 0 saturated heterocycles. The standard InChI is InChI=1S/C7H7ClFN.ClH/c8-6-3-5(4-10)1-2-7(6)9;/h1-3H,4,10H2;1H. The van der Waals surface area contributed by atoms with Crippen molar-refractivity contribution in [3.8, 4) is 0 Å². The van der Waals surface area contributed by atoms with Crippen molar-refractivity contribution in [1.29, 1.82) is 0 Å². The largest absolute Gasteiger partial charge is 0.326 e. The Bertz CT molecular complexity index is 240. The fraction of sp³-hybridized carbons (Fsp3) is 0.143. The Hall–Kier alpha value is -0.310. The number of hydrogen-bond donors (Lipinski definition) is 1. The first-order valence-electron chi connectivity index (χ1n) is 2.88. The fourth-order valence-electron chi connectivity index (χ4n) is 0.667. The van der Waals surface area contributed by atoms with Gasteiger partial charge in [-0.3, -0.25) is 0 Å². The number of nitrogens with two attached hydrogens (primary N) is 1. The molecule has 0 aromatic heterocycles. The molecular formula is C7H8Cl2FN. The van der Waals surface area contributed by atoms with Gasteiger partial charge in [-0.25, -0.2) is 4.39 Å². The molecule has 1 aromatic carbocycles. The average molecular weight is 196 g/mol. The maximum atomic E-state index is 12.5. The Kier molecular flexibility index (Phi) is 4.42. The Morgan fingerprint density at radius 2 is 2.09 bits per heavy atom. The van der Waals surface area contributed by atoms with Crippen LogP contribution in [-0.2, 0) is 6.54 Å². The molecule has 1 rings (SSSR count). The van der Waals surface area contributed by atoms with Crippen LogP contribution in [0.15, 0.2) is 18.2 Å². The molecule has 1 aromatic rings. The van der Waals surface area contributed by atoms with Crippen LogP contribution in [-0.4, -0.2) is 0 Å². The second kappa shape index (κ2) is 4.54. The minimum absolute atomic E-state index is 0. The van der Waals surface area contributed by atoms with E-state index in [2.05, 4.69) is 0 Å². The summed E-state index contributed by atoms with van der Waals surface area (Å²) in [5.74, 6) is -0.404. The molecule has 0 aliphatic carbocycles. The molecule has 0 atom stereocenters. The van der Waals surface area contributed by atoms with E-state index in [0.717, 1.165) is 5.56 Å². The SMILES string of the molecule is Cl.NCc1ccc(F)c(Cl)c1. The molecule has 0 spiro atoms. The molecule has 0 heterocycles. The van der Waals surface area contributed by atoms with Gasteiger partial charge in [-0.15, -0.1) is 12.4 Å². The summed E-state index contributed by atoms with van der Waals surface area (Å²) in [6, 6.07) is 4.45. The molecule has 0 unspecified atom stereocenters. The van der Waals surface area contributed by atoms with E-state index in [1.807, 2.05) is 0 Å². The Labute approximate surface area is 75.8 Å². The highest BCUT2D eigenvalue weighted by atomic mass is 35.5. The van der Waals surface area contributed by atoms with Gasteiger partial charge in [-0.05, 0) is 17.7 Å². The zero-order valence-electron chi connectivity index (χ0n) is 5.68. The van der Waals surface area contributed by atoms with Gasteiger partial charge in [0.1, 0.15) is 5.82 Å². The Balaban J connectivity index is 0.000001000. The van der Waals surface area contributed by atoms with Gasteiger partial charge in [-0.1, -0.05) is 17.7 Å². The van der Waals surface area contributed by atoms with Crippen LogP contribution in [0.5, 0.6) is 0 Å². The van der Waals surface area contributed by atoms with E-state index < -0.39 is 5.82 Å². The predicted octanol–water partition coefficient (Wildman–Crippen LogP) is 2.36. The highest BCUT2D eigenvalue weighted by molar-refractivity contribution is 6.30. The number of halogens is 3. The van der Waals surface area contributed by atoms with Crippen molar-refractivity contribution in [3.05, 3.63) is 34.6 Å². The predicted molar refractivity (Wildman–Crippen MR) is 46.5 cm³/mol. The summed E-state index contributed by atoms with van der Waals surface area (Å²) in [4.78, 5) is 0. The molecular weight excluding hydrogens is 188 g/mol. The summed E-state index contributed by atoms with van der Waals surface area (Å²) >= 11 is 5.46. The van der Waals surface area contributed by atoms with Crippen molar-refractivity contribution in [3.63, 3.8) is 0 Å². The van der Waals surface area contributed by atoms with Crippen molar-refractivity contribution in [2.24, 2.45) is 5.73 Å². The van der Waals surface area contributed by atoms with Gasteiger partial charge in [0, 0.05) is 6.54 Å². The Morgan fingerprint density at radius 3 is 2.55 bits per heavy atom. The van der Waals surface area contributed by atoms with Crippen LogP contribution in [0.3, 0.4) is 0 Å². The van der Waals surface area contributed by atoms with Gasteiger partial charge in [0.25, 0.3) is 0 Å². The molecule has 0 fully saturated rings. The summed E-state index contributed by atoms with van der Waals surface area (Å²) in [5, 5.41) is 0.128. The van der Waals surface area contributed by atoms with Crippen molar-refractivity contribution >= 4 is 24.0 Å². The summed E-state index contributed by atoms with van der Waals surface area (Å²) in [6.45, 7) is 0.389. The van der Waals surface area contributed by atoms with E-state index in [0.29, 0.717) is 6.54 Å². The van der Waals surface area contributed by atoms with Gasteiger partial charge in [-0.2, -0.15) is 0 Å². The molecule has 62 valence electrons. The molecule has 0 saturated carbocycles. The first-order chi connectivity index (χ1) is 4.74. The van der Waals surface area contributed by atoms with E-state index in [1.165, 1.54) is 12.1 Å². The highest BCUT2D eigenvalue weighted by Gasteiger charge is 1.97. The maximum absolute atomic E-state index is 12.5. The van der Waals surface area contributed by atoms with E-state index >= 15 is 0 Å². The van der Waals surface area contributed by atoms with Crippen LogP contribution >= 0.6 is 24.0 Å². The molecule has 0 amide bonds. The van der Waals surface area contributed by atoms with Gasteiger partial charge in [0.05, 0.1) is 5.02 Å². The molecule has 0 bridgehead atoms. The second-order valence-electron chi connectivity index (χ2n) is 1.95. The third-order valence-corrected chi connectivity index (χ3v) is 1.51. The zero-order valence-corrected chi connectivity index (χ0v) is 7.25. The van der Waals surface area contributed by atoms with Gasteiger partial charge in [0.2, 0.25) is 0 Å². The fourth-order valence-corrected chi connectivity index (χ4v) is 0.870. The molecule has 0 aliphatic rings. The lowest BCUT2D eigenvalue weighted by molar-refractivity contribution is 0.627. The summed E-state index contributed by atoms with van der Waals surface area (Å²) < 4.78 is 12.5. The molecule has 4 heteroatoms. The third-order valence-electron chi connectivity index (χ3n) is 1.22. The van der Waals surface area contributed by atoms with Gasteiger partial charge < -0.3 is 5.73 Å².